The van der Waals surface area contributed by atoms with E-state index < -0.39 is 23.8 Å². The average Bonchev–Trinajstić information content (AvgIpc) is 3.28. The van der Waals surface area contributed by atoms with Crippen molar-refractivity contribution in [3.05, 3.63) is 81.2 Å². The molecule has 10 heteroatoms. The Morgan fingerprint density at radius 1 is 0.974 bits per heavy atom. The molecule has 9 nitrogen and oxygen atoms in total. The van der Waals surface area contributed by atoms with Crippen LogP contribution in [-0.2, 0) is 27.2 Å². The standard InChI is InChI=1S/C28H27N3O6S/c1-3-36-28(35)23-20-9-5-7-11-22(20)38-26(23)30-24(32)25(33)31-29-16-19-8-4-6-10-21(19)37-27(34)18-14-12-17(2)13-15-18/h4,6,8,10,12-16H,3,5,7,9,11H2,1-2H3,(H,30,32)(H,31,33). The quantitative estimate of drug-likeness (QED) is 0.152. The first-order chi connectivity index (χ1) is 18.4. The number of carbonyl (C=O) groups excluding carboxylic acids is 4. The molecule has 196 valence electrons. The Labute approximate surface area is 223 Å². The second kappa shape index (κ2) is 12.3. The summed E-state index contributed by atoms with van der Waals surface area (Å²) >= 11 is 1.29. The molecule has 0 atom stereocenters. The molecule has 0 radical (unpaired) electrons. The predicted octanol–water partition coefficient (Wildman–Crippen LogP) is 4.42. The molecule has 0 unspecified atom stereocenters. The second-order valence-corrected chi connectivity index (χ2v) is 9.69. The van der Waals surface area contributed by atoms with E-state index in [2.05, 4.69) is 15.8 Å². The number of aryl methyl sites for hydroxylation is 2. The summed E-state index contributed by atoms with van der Waals surface area (Å²) in [6, 6.07) is 13.6. The fourth-order valence-corrected chi connectivity index (χ4v) is 5.25. The number of ether oxygens (including phenoxy) is 2. The SMILES string of the molecule is CCOC(=O)c1c(NC(=O)C(=O)NN=Cc2ccccc2OC(=O)c2ccc(C)cc2)sc2c1CCCC2. The summed E-state index contributed by atoms with van der Waals surface area (Å²) < 4.78 is 10.7. The number of rotatable bonds is 7. The number of para-hydroxylation sites is 1. The lowest BCUT2D eigenvalue weighted by molar-refractivity contribution is -0.136. The van der Waals surface area contributed by atoms with Gasteiger partial charge in [0.2, 0.25) is 0 Å². The summed E-state index contributed by atoms with van der Waals surface area (Å²) in [6.07, 6.45) is 4.75. The molecule has 0 fully saturated rings. The van der Waals surface area contributed by atoms with Gasteiger partial charge in [-0.1, -0.05) is 29.8 Å². The van der Waals surface area contributed by atoms with Crippen molar-refractivity contribution in [3.63, 3.8) is 0 Å². The molecule has 0 aliphatic heterocycles. The average molecular weight is 534 g/mol. The largest absolute Gasteiger partial charge is 0.462 e. The molecule has 0 spiro atoms. The minimum atomic E-state index is -1.02. The van der Waals surface area contributed by atoms with Crippen LogP contribution in [0.15, 0.2) is 53.6 Å². The Morgan fingerprint density at radius 3 is 2.47 bits per heavy atom. The lowest BCUT2D eigenvalue weighted by Crippen LogP contribution is -2.32. The zero-order valence-electron chi connectivity index (χ0n) is 21.0. The molecule has 1 aliphatic carbocycles. The summed E-state index contributed by atoms with van der Waals surface area (Å²) in [5.74, 6) is -2.80. The Balaban J connectivity index is 1.41. The van der Waals surface area contributed by atoms with Crippen LogP contribution in [0.3, 0.4) is 0 Å². The summed E-state index contributed by atoms with van der Waals surface area (Å²) in [5.41, 5.74) is 5.20. The van der Waals surface area contributed by atoms with E-state index in [0.717, 1.165) is 41.7 Å². The smallest absolute Gasteiger partial charge is 0.343 e. The van der Waals surface area contributed by atoms with Crippen molar-refractivity contribution in [1.29, 1.82) is 0 Å². The summed E-state index contributed by atoms with van der Waals surface area (Å²) in [5, 5.41) is 6.68. The number of hydrazone groups is 1. The molecule has 0 bridgehead atoms. The molecule has 1 aromatic heterocycles. The van der Waals surface area contributed by atoms with Crippen LogP contribution >= 0.6 is 11.3 Å². The first-order valence-electron chi connectivity index (χ1n) is 12.2. The van der Waals surface area contributed by atoms with Gasteiger partial charge < -0.3 is 14.8 Å². The van der Waals surface area contributed by atoms with E-state index in [0.29, 0.717) is 21.7 Å². The molecule has 38 heavy (non-hydrogen) atoms. The van der Waals surface area contributed by atoms with Gasteiger partial charge in [0.15, 0.2) is 0 Å². The third kappa shape index (κ3) is 6.33. The highest BCUT2D eigenvalue weighted by Crippen LogP contribution is 2.38. The highest BCUT2D eigenvalue weighted by molar-refractivity contribution is 7.17. The summed E-state index contributed by atoms with van der Waals surface area (Å²) in [7, 11) is 0. The Bertz CT molecular complexity index is 1390. The van der Waals surface area contributed by atoms with E-state index in [9.17, 15) is 19.2 Å². The third-order valence-electron chi connectivity index (χ3n) is 5.86. The molecule has 2 aromatic carbocycles. The first kappa shape index (κ1) is 26.7. The van der Waals surface area contributed by atoms with Crippen LogP contribution in [0, 0.1) is 6.92 Å². The summed E-state index contributed by atoms with van der Waals surface area (Å²) in [4.78, 5) is 51.1. The Kier molecular flexibility index (Phi) is 8.65. The van der Waals surface area contributed by atoms with Crippen molar-refractivity contribution in [1.82, 2.24) is 5.43 Å². The highest BCUT2D eigenvalue weighted by Gasteiger charge is 2.28. The Hall–Kier alpha value is -4.31. The van der Waals surface area contributed by atoms with Crippen LogP contribution < -0.4 is 15.5 Å². The van der Waals surface area contributed by atoms with Crippen molar-refractivity contribution in [2.75, 3.05) is 11.9 Å². The second-order valence-electron chi connectivity index (χ2n) is 8.58. The van der Waals surface area contributed by atoms with Gasteiger partial charge in [-0.05, 0) is 69.4 Å². The van der Waals surface area contributed by atoms with E-state index in [1.165, 1.54) is 17.6 Å². The molecule has 1 heterocycles. The number of benzene rings is 2. The van der Waals surface area contributed by atoms with Crippen molar-refractivity contribution < 1.29 is 28.7 Å². The van der Waals surface area contributed by atoms with Gasteiger partial charge in [-0.2, -0.15) is 5.10 Å². The molecule has 1 aliphatic rings. The van der Waals surface area contributed by atoms with Gasteiger partial charge in [0.25, 0.3) is 0 Å². The number of carbonyl (C=O) groups is 4. The van der Waals surface area contributed by atoms with Gasteiger partial charge in [0.1, 0.15) is 10.8 Å². The maximum atomic E-state index is 12.6. The van der Waals surface area contributed by atoms with Crippen LogP contribution in [0.2, 0.25) is 0 Å². The van der Waals surface area contributed by atoms with E-state index in [-0.39, 0.29) is 12.4 Å². The zero-order valence-corrected chi connectivity index (χ0v) is 21.9. The minimum Gasteiger partial charge on any atom is -0.462 e. The molecular formula is C28H27N3O6S. The number of fused-ring (bicyclic) bond motifs is 1. The lowest BCUT2D eigenvalue weighted by atomic mass is 9.95. The van der Waals surface area contributed by atoms with E-state index in [1.807, 2.05) is 19.1 Å². The van der Waals surface area contributed by atoms with Gasteiger partial charge in [-0.25, -0.2) is 15.0 Å². The third-order valence-corrected chi connectivity index (χ3v) is 7.07. The predicted molar refractivity (Wildman–Crippen MR) is 144 cm³/mol. The van der Waals surface area contributed by atoms with Gasteiger partial charge in [0, 0.05) is 10.4 Å². The Morgan fingerprint density at radius 2 is 1.71 bits per heavy atom. The minimum absolute atomic E-state index is 0.202. The first-order valence-corrected chi connectivity index (χ1v) is 13.0. The van der Waals surface area contributed by atoms with Crippen LogP contribution in [0.1, 0.15) is 62.0 Å². The van der Waals surface area contributed by atoms with Crippen molar-refractivity contribution in [2.45, 2.75) is 39.5 Å². The van der Waals surface area contributed by atoms with Crippen LogP contribution in [0.4, 0.5) is 5.00 Å². The topological polar surface area (TPSA) is 123 Å². The van der Waals surface area contributed by atoms with Crippen molar-refractivity contribution in [3.8, 4) is 5.75 Å². The maximum absolute atomic E-state index is 12.6. The number of amides is 2. The maximum Gasteiger partial charge on any atom is 0.343 e. The summed E-state index contributed by atoms with van der Waals surface area (Å²) in [6.45, 7) is 3.83. The number of hydrogen-bond acceptors (Lipinski definition) is 8. The van der Waals surface area contributed by atoms with Gasteiger partial charge >= 0.3 is 23.8 Å². The zero-order chi connectivity index (χ0) is 27.1. The number of anilines is 1. The van der Waals surface area contributed by atoms with Gasteiger partial charge in [0.05, 0.1) is 23.9 Å². The number of hydrogen-bond donors (Lipinski definition) is 2. The monoisotopic (exact) mass is 533 g/mol. The molecule has 0 saturated carbocycles. The van der Waals surface area contributed by atoms with Gasteiger partial charge in [-0.3, -0.25) is 9.59 Å². The molecule has 0 saturated heterocycles. The molecule has 2 N–H and O–H groups in total. The fraction of sp³-hybridized carbons (Fsp3) is 0.250. The molecule has 3 aromatic rings. The fourth-order valence-electron chi connectivity index (χ4n) is 3.97. The van der Waals surface area contributed by atoms with E-state index >= 15 is 0 Å². The van der Waals surface area contributed by atoms with E-state index in [4.69, 9.17) is 9.47 Å². The van der Waals surface area contributed by atoms with Crippen LogP contribution in [0.25, 0.3) is 0 Å². The number of thiophene rings is 1. The molecular weight excluding hydrogens is 506 g/mol. The molecule has 2 amide bonds. The lowest BCUT2D eigenvalue weighted by Gasteiger charge is -2.12. The number of nitrogens with zero attached hydrogens (tertiary/aromatic N) is 1. The highest BCUT2D eigenvalue weighted by atomic mass is 32.1. The van der Waals surface area contributed by atoms with Gasteiger partial charge in [-0.15, -0.1) is 11.3 Å². The molecule has 4 rings (SSSR count). The van der Waals surface area contributed by atoms with Crippen LogP contribution in [0.5, 0.6) is 5.75 Å². The van der Waals surface area contributed by atoms with Crippen molar-refractivity contribution >= 4 is 46.3 Å². The number of nitrogens with one attached hydrogen (secondary N) is 2. The van der Waals surface area contributed by atoms with E-state index in [1.54, 1.807) is 43.3 Å². The van der Waals surface area contributed by atoms with Crippen LogP contribution in [-0.4, -0.2) is 36.6 Å². The van der Waals surface area contributed by atoms with Crippen molar-refractivity contribution in [2.24, 2.45) is 5.10 Å². The normalized spacial score (nSPS) is 12.5. The number of esters is 2.